The van der Waals surface area contributed by atoms with Crippen molar-refractivity contribution in [3.63, 3.8) is 0 Å². The van der Waals surface area contributed by atoms with E-state index in [2.05, 4.69) is 22.1 Å². The van der Waals surface area contributed by atoms with Crippen molar-refractivity contribution in [3.8, 4) is 0 Å². The molecule has 0 aliphatic heterocycles. The Hall–Kier alpha value is -1.74. The Kier molecular flexibility index (Phi) is 3.07. The Morgan fingerprint density at radius 3 is 2.61 bits per heavy atom. The van der Waals surface area contributed by atoms with Crippen LogP contribution >= 0.6 is 0 Å². The number of nitrogens with zero attached hydrogens (tertiary/aromatic N) is 2. The molecule has 0 spiro atoms. The molecule has 92 valence electrons. The number of rotatable bonds is 4. The summed E-state index contributed by atoms with van der Waals surface area (Å²) in [5.74, 6) is 1.39. The Bertz CT molecular complexity index is 535. The molecule has 1 aliphatic rings. The first kappa shape index (κ1) is 11.4. The topological polar surface area (TPSA) is 46.0 Å². The minimum Gasteiger partial charge on any atom is -0.392 e. The number of aliphatic hydroxyl groups is 1. The van der Waals surface area contributed by atoms with Crippen molar-refractivity contribution < 1.29 is 5.11 Å². The monoisotopic (exact) mass is 240 g/mol. The normalized spacial score (nSPS) is 14.7. The summed E-state index contributed by atoms with van der Waals surface area (Å²) in [7, 11) is 0. The molecule has 1 aromatic heterocycles. The van der Waals surface area contributed by atoms with Crippen molar-refractivity contribution in [3.05, 3.63) is 59.2 Å². The summed E-state index contributed by atoms with van der Waals surface area (Å²) in [6, 6.07) is 10.2. The number of benzene rings is 1. The molecule has 18 heavy (non-hydrogen) atoms. The molecule has 1 aromatic carbocycles. The molecule has 3 nitrogen and oxygen atoms in total. The molecule has 0 amide bonds. The lowest BCUT2D eigenvalue weighted by molar-refractivity contribution is 0.279. The van der Waals surface area contributed by atoms with Crippen LogP contribution in [0.3, 0.4) is 0 Å². The number of aliphatic hydroxyl groups excluding tert-OH is 1. The first-order valence-corrected chi connectivity index (χ1v) is 6.36. The third-order valence-corrected chi connectivity index (χ3v) is 3.29. The van der Waals surface area contributed by atoms with Crippen LogP contribution in [0.2, 0.25) is 0 Å². The predicted octanol–water partition coefficient (Wildman–Crippen LogP) is 2.44. The van der Waals surface area contributed by atoms with Gasteiger partial charge in [-0.1, -0.05) is 30.3 Å². The lowest BCUT2D eigenvalue weighted by Crippen LogP contribution is -2.04. The number of hydrogen-bond donors (Lipinski definition) is 1. The SMILES string of the molecule is OCc1cnc(Cc2ccccc2)nc1C1CC1. The maximum atomic E-state index is 9.30. The average Bonchev–Trinajstić information content (AvgIpc) is 3.24. The number of aromatic nitrogens is 2. The zero-order valence-electron chi connectivity index (χ0n) is 10.2. The maximum Gasteiger partial charge on any atom is 0.132 e. The van der Waals surface area contributed by atoms with Crippen LogP contribution < -0.4 is 0 Å². The van der Waals surface area contributed by atoms with Crippen LogP contribution in [0.4, 0.5) is 0 Å². The van der Waals surface area contributed by atoms with Crippen LogP contribution in [0, 0.1) is 0 Å². The molecule has 0 atom stereocenters. The summed E-state index contributed by atoms with van der Waals surface area (Å²) in [5, 5.41) is 9.30. The predicted molar refractivity (Wildman–Crippen MR) is 69.2 cm³/mol. The molecule has 1 N–H and O–H groups in total. The van der Waals surface area contributed by atoms with Gasteiger partial charge >= 0.3 is 0 Å². The molecule has 3 heteroatoms. The average molecular weight is 240 g/mol. The van der Waals surface area contributed by atoms with Gasteiger partial charge in [0, 0.05) is 24.1 Å². The number of hydrogen-bond acceptors (Lipinski definition) is 3. The zero-order valence-corrected chi connectivity index (χ0v) is 10.2. The van der Waals surface area contributed by atoms with Crippen LogP contribution in [-0.2, 0) is 13.0 Å². The summed E-state index contributed by atoms with van der Waals surface area (Å²) >= 11 is 0. The van der Waals surface area contributed by atoms with Crippen LogP contribution in [0.5, 0.6) is 0 Å². The van der Waals surface area contributed by atoms with Crippen molar-refractivity contribution in [2.75, 3.05) is 0 Å². The van der Waals surface area contributed by atoms with Gasteiger partial charge in [-0.3, -0.25) is 0 Å². The summed E-state index contributed by atoms with van der Waals surface area (Å²) < 4.78 is 0. The molecule has 2 aromatic rings. The van der Waals surface area contributed by atoms with Gasteiger partial charge in [-0.25, -0.2) is 9.97 Å². The van der Waals surface area contributed by atoms with E-state index in [9.17, 15) is 5.11 Å². The van der Waals surface area contributed by atoms with Crippen LogP contribution in [0.1, 0.15) is 41.4 Å². The largest absolute Gasteiger partial charge is 0.392 e. The minimum absolute atomic E-state index is 0.0391. The maximum absolute atomic E-state index is 9.30. The Balaban J connectivity index is 1.86. The summed E-state index contributed by atoms with van der Waals surface area (Å²) in [6.45, 7) is 0.0391. The Morgan fingerprint density at radius 2 is 1.94 bits per heavy atom. The quantitative estimate of drug-likeness (QED) is 0.892. The fraction of sp³-hybridized carbons (Fsp3) is 0.333. The molecular weight excluding hydrogens is 224 g/mol. The van der Waals surface area contributed by atoms with E-state index in [-0.39, 0.29) is 6.61 Å². The molecule has 1 heterocycles. The first-order chi connectivity index (χ1) is 8.86. The highest BCUT2D eigenvalue weighted by atomic mass is 16.3. The van der Waals surface area contributed by atoms with E-state index in [1.165, 1.54) is 18.4 Å². The van der Waals surface area contributed by atoms with Gasteiger partial charge < -0.3 is 5.11 Å². The third-order valence-electron chi connectivity index (χ3n) is 3.29. The van der Waals surface area contributed by atoms with Gasteiger partial charge in [-0.05, 0) is 18.4 Å². The van der Waals surface area contributed by atoms with E-state index in [0.29, 0.717) is 5.92 Å². The van der Waals surface area contributed by atoms with Gasteiger partial charge in [0.05, 0.1) is 12.3 Å². The lowest BCUT2D eigenvalue weighted by Gasteiger charge is -2.07. The van der Waals surface area contributed by atoms with Gasteiger partial charge in [0.15, 0.2) is 0 Å². The molecule has 0 radical (unpaired) electrons. The highest BCUT2D eigenvalue weighted by Gasteiger charge is 2.27. The van der Waals surface area contributed by atoms with Crippen molar-refractivity contribution in [1.82, 2.24) is 9.97 Å². The van der Waals surface area contributed by atoms with Gasteiger partial charge in [0.1, 0.15) is 5.82 Å². The van der Waals surface area contributed by atoms with E-state index in [0.717, 1.165) is 23.5 Å². The Labute approximate surface area is 107 Å². The van der Waals surface area contributed by atoms with Crippen molar-refractivity contribution in [1.29, 1.82) is 0 Å². The molecule has 1 saturated carbocycles. The van der Waals surface area contributed by atoms with Gasteiger partial charge in [-0.15, -0.1) is 0 Å². The van der Waals surface area contributed by atoms with Crippen LogP contribution in [0.15, 0.2) is 36.5 Å². The van der Waals surface area contributed by atoms with Crippen molar-refractivity contribution >= 4 is 0 Å². The van der Waals surface area contributed by atoms with Gasteiger partial charge in [-0.2, -0.15) is 0 Å². The van der Waals surface area contributed by atoms with Gasteiger partial charge in [0.25, 0.3) is 0 Å². The van der Waals surface area contributed by atoms with E-state index >= 15 is 0 Å². The van der Waals surface area contributed by atoms with Gasteiger partial charge in [0.2, 0.25) is 0 Å². The second kappa shape index (κ2) is 4.86. The van der Waals surface area contributed by atoms with E-state index < -0.39 is 0 Å². The Morgan fingerprint density at radius 1 is 1.17 bits per heavy atom. The molecule has 1 aliphatic carbocycles. The fourth-order valence-electron chi connectivity index (χ4n) is 2.15. The van der Waals surface area contributed by atoms with E-state index in [1.807, 2.05) is 18.2 Å². The van der Waals surface area contributed by atoms with Crippen molar-refractivity contribution in [2.45, 2.75) is 31.8 Å². The highest BCUT2D eigenvalue weighted by molar-refractivity contribution is 5.26. The van der Waals surface area contributed by atoms with Crippen LogP contribution in [-0.4, -0.2) is 15.1 Å². The zero-order chi connectivity index (χ0) is 12.4. The third kappa shape index (κ3) is 2.41. The van der Waals surface area contributed by atoms with E-state index in [4.69, 9.17) is 0 Å². The lowest BCUT2D eigenvalue weighted by atomic mass is 10.1. The standard InChI is InChI=1S/C15H16N2O/c18-10-13-9-16-14(17-15(13)12-6-7-12)8-11-4-2-1-3-5-11/h1-5,9,12,18H,6-8,10H2. The molecular formula is C15H16N2O. The summed E-state index contributed by atoms with van der Waals surface area (Å²) in [5.41, 5.74) is 3.16. The summed E-state index contributed by atoms with van der Waals surface area (Å²) in [4.78, 5) is 8.97. The first-order valence-electron chi connectivity index (χ1n) is 6.36. The molecule has 0 saturated heterocycles. The summed E-state index contributed by atoms with van der Waals surface area (Å²) in [6.07, 6.45) is 4.91. The molecule has 0 unspecified atom stereocenters. The molecule has 1 fully saturated rings. The van der Waals surface area contributed by atoms with Crippen LogP contribution in [0.25, 0.3) is 0 Å². The fourth-order valence-corrected chi connectivity index (χ4v) is 2.15. The highest BCUT2D eigenvalue weighted by Crippen LogP contribution is 2.40. The van der Waals surface area contributed by atoms with Crippen molar-refractivity contribution in [2.24, 2.45) is 0 Å². The molecule has 3 rings (SSSR count). The smallest absolute Gasteiger partial charge is 0.132 e. The second-order valence-electron chi connectivity index (χ2n) is 4.79. The molecule has 0 bridgehead atoms. The second-order valence-corrected chi connectivity index (χ2v) is 4.79. The minimum atomic E-state index is 0.0391. The van der Waals surface area contributed by atoms with E-state index in [1.54, 1.807) is 6.20 Å².